The first-order valence-electron chi connectivity index (χ1n) is 5.45. The molecule has 0 fully saturated rings. The van der Waals surface area contributed by atoms with Gasteiger partial charge in [0.2, 0.25) is 0 Å². The Morgan fingerprint density at radius 1 is 1.37 bits per heavy atom. The van der Waals surface area contributed by atoms with Crippen LogP contribution in [0.15, 0.2) is 15.7 Å². The molecule has 0 aromatic carbocycles. The third-order valence-corrected chi connectivity index (χ3v) is 5.19. The standard InChI is InChI=1S/C11H15NO5S2/c1-6(2)9(11(14)15)12-10(13)7-4-8(18-5-7)19(3,16)17/h4-6,9H,1-3H3,(H,12,13)(H,14,15)/t9-/m0/s1. The molecule has 0 radical (unpaired) electrons. The van der Waals surface area contributed by atoms with Crippen LogP contribution in [-0.2, 0) is 14.6 Å². The number of carboxylic acid groups (broad SMARTS) is 1. The van der Waals surface area contributed by atoms with Gasteiger partial charge in [0.1, 0.15) is 10.3 Å². The van der Waals surface area contributed by atoms with Crippen LogP contribution in [0.1, 0.15) is 24.2 Å². The molecule has 8 heteroatoms. The predicted molar refractivity (Wildman–Crippen MR) is 71.2 cm³/mol. The number of rotatable bonds is 5. The molecule has 0 saturated carbocycles. The molecule has 1 amide bonds. The Balaban J connectivity index is 2.90. The van der Waals surface area contributed by atoms with Crippen LogP contribution < -0.4 is 5.32 Å². The van der Waals surface area contributed by atoms with Crippen molar-refractivity contribution >= 4 is 33.1 Å². The van der Waals surface area contributed by atoms with Crippen molar-refractivity contribution in [1.82, 2.24) is 5.32 Å². The average molecular weight is 305 g/mol. The summed E-state index contributed by atoms with van der Waals surface area (Å²) in [5, 5.41) is 12.7. The Bertz CT molecular complexity index is 588. The summed E-state index contributed by atoms with van der Waals surface area (Å²) < 4.78 is 22.7. The first-order chi connectivity index (χ1) is 8.62. The molecular weight excluding hydrogens is 290 g/mol. The highest BCUT2D eigenvalue weighted by atomic mass is 32.2. The Labute approximate surface area is 115 Å². The largest absolute Gasteiger partial charge is 0.480 e. The molecule has 0 aliphatic heterocycles. The van der Waals surface area contributed by atoms with Crippen LogP contribution in [0.2, 0.25) is 0 Å². The van der Waals surface area contributed by atoms with E-state index in [2.05, 4.69) is 5.32 Å². The zero-order chi connectivity index (χ0) is 14.8. The van der Waals surface area contributed by atoms with Crippen molar-refractivity contribution in [2.24, 2.45) is 5.92 Å². The zero-order valence-electron chi connectivity index (χ0n) is 10.7. The van der Waals surface area contributed by atoms with Crippen LogP contribution in [-0.4, -0.2) is 37.7 Å². The van der Waals surface area contributed by atoms with Crippen LogP contribution in [0.4, 0.5) is 0 Å². The van der Waals surface area contributed by atoms with E-state index in [0.29, 0.717) is 0 Å². The van der Waals surface area contributed by atoms with Gasteiger partial charge in [-0.15, -0.1) is 11.3 Å². The SMILES string of the molecule is CC(C)[C@H](NC(=O)c1csc(S(C)(=O)=O)c1)C(=O)O. The molecule has 2 N–H and O–H groups in total. The van der Waals surface area contributed by atoms with Crippen LogP contribution in [0.25, 0.3) is 0 Å². The van der Waals surface area contributed by atoms with Gasteiger partial charge < -0.3 is 10.4 Å². The first-order valence-corrected chi connectivity index (χ1v) is 8.22. The first kappa shape index (κ1) is 15.6. The number of carbonyl (C=O) groups is 2. The summed E-state index contributed by atoms with van der Waals surface area (Å²) in [7, 11) is -3.35. The number of carboxylic acids is 1. The van der Waals surface area contributed by atoms with Crippen LogP contribution >= 0.6 is 11.3 Å². The molecule has 1 rings (SSSR count). The van der Waals surface area contributed by atoms with Crippen molar-refractivity contribution in [3.8, 4) is 0 Å². The van der Waals surface area contributed by atoms with Gasteiger partial charge in [0.05, 0.1) is 5.56 Å². The summed E-state index contributed by atoms with van der Waals surface area (Å²) in [5.41, 5.74) is 0.150. The number of nitrogens with one attached hydrogen (secondary N) is 1. The van der Waals surface area contributed by atoms with E-state index in [1.807, 2.05) is 0 Å². The van der Waals surface area contributed by atoms with Gasteiger partial charge in [-0.25, -0.2) is 13.2 Å². The fourth-order valence-corrected chi connectivity index (χ4v) is 3.17. The number of amides is 1. The quantitative estimate of drug-likeness (QED) is 0.845. The third kappa shape index (κ3) is 4.03. The summed E-state index contributed by atoms with van der Waals surface area (Å²) in [6.07, 6.45) is 1.05. The lowest BCUT2D eigenvalue weighted by Gasteiger charge is -2.17. The second-order valence-electron chi connectivity index (χ2n) is 4.46. The molecule has 0 unspecified atom stereocenters. The van der Waals surface area contributed by atoms with E-state index in [-0.39, 0.29) is 15.7 Å². The molecule has 6 nitrogen and oxygen atoms in total. The van der Waals surface area contributed by atoms with Crippen molar-refractivity contribution in [2.45, 2.75) is 24.1 Å². The number of hydrogen-bond acceptors (Lipinski definition) is 5. The minimum Gasteiger partial charge on any atom is -0.480 e. The highest BCUT2D eigenvalue weighted by Crippen LogP contribution is 2.20. The molecule has 0 saturated heterocycles. The van der Waals surface area contributed by atoms with Crippen LogP contribution in [0.3, 0.4) is 0 Å². The fourth-order valence-electron chi connectivity index (χ4n) is 1.37. The zero-order valence-corrected chi connectivity index (χ0v) is 12.3. The number of carbonyl (C=O) groups excluding carboxylic acids is 1. The summed E-state index contributed by atoms with van der Waals surface area (Å²) >= 11 is 0.932. The van der Waals surface area contributed by atoms with E-state index in [0.717, 1.165) is 17.6 Å². The topological polar surface area (TPSA) is 101 Å². The molecule has 1 heterocycles. The lowest BCUT2D eigenvalue weighted by molar-refractivity contribution is -0.140. The highest BCUT2D eigenvalue weighted by Gasteiger charge is 2.24. The molecule has 0 spiro atoms. The van der Waals surface area contributed by atoms with Crippen molar-refractivity contribution in [3.05, 3.63) is 17.0 Å². The molecular formula is C11H15NO5S2. The van der Waals surface area contributed by atoms with Gasteiger partial charge in [-0.2, -0.15) is 0 Å². The number of thiophene rings is 1. The van der Waals surface area contributed by atoms with Crippen molar-refractivity contribution in [1.29, 1.82) is 0 Å². The van der Waals surface area contributed by atoms with E-state index >= 15 is 0 Å². The Morgan fingerprint density at radius 2 is 1.95 bits per heavy atom. The van der Waals surface area contributed by atoms with Gasteiger partial charge in [0, 0.05) is 11.6 Å². The molecule has 0 bridgehead atoms. The van der Waals surface area contributed by atoms with Gasteiger partial charge in [-0.3, -0.25) is 4.79 Å². The van der Waals surface area contributed by atoms with E-state index in [9.17, 15) is 18.0 Å². The lowest BCUT2D eigenvalue weighted by Crippen LogP contribution is -2.44. The Morgan fingerprint density at radius 3 is 2.32 bits per heavy atom. The minimum atomic E-state index is -3.35. The van der Waals surface area contributed by atoms with Gasteiger partial charge in [0.25, 0.3) is 5.91 Å². The maximum Gasteiger partial charge on any atom is 0.326 e. The molecule has 1 atom stereocenters. The fraction of sp³-hybridized carbons (Fsp3) is 0.455. The maximum absolute atomic E-state index is 11.8. The van der Waals surface area contributed by atoms with E-state index in [1.54, 1.807) is 13.8 Å². The summed E-state index contributed by atoms with van der Waals surface area (Å²) in [5.74, 6) is -1.98. The molecule has 106 valence electrons. The van der Waals surface area contributed by atoms with E-state index in [1.165, 1.54) is 11.4 Å². The smallest absolute Gasteiger partial charge is 0.326 e. The maximum atomic E-state index is 11.8. The monoisotopic (exact) mass is 305 g/mol. The minimum absolute atomic E-state index is 0.0778. The highest BCUT2D eigenvalue weighted by molar-refractivity contribution is 7.92. The third-order valence-electron chi connectivity index (χ3n) is 2.42. The van der Waals surface area contributed by atoms with Gasteiger partial charge in [-0.1, -0.05) is 13.8 Å². The predicted octanol–water partition coefficient (Wildman–Crippen LogP) is 0.991. The second-order valence-corrected chi connectivity index (χ2v) is 7.61. The van der Waals surface area contributed by atoms with E-state index in [4.69, 9.17) is 5.11 Å². The molecule has 19 heavy (non-hydrogen) atoms. The summed E-state index contributed by atoms with van der Waals surface area (Å²) in [6, 6.07) is 0.239. The number of aliphatic carboxylic acids is 1. The van der Waals surface area contributed by atoms with Gasteiger partial charge in [-0.05, 0) is 12.0 Å². The van der Waals surface area contributed by atoms with E-state index < -0.39 is 27.8 Å². The lowest BCUT2D eigenvalue weighted by atomic mass is 10.0. The van der Waals surface area contributed by atoms with Gasteiger partial charge in [0.15, 0.2) is 9.84 Å². The van der Waals surface area contributed by atoms with Gasteiger partial charge >= 0.3 is 5.97 Å². The summed E-state index contributed by atoms with van der Waals surface area (Å²) in [6.45, 7) is 3.35. The Hall–Kier alpha value is -1.41. The van der Waals surface area contributed by atoms with Crippen LogP contribution in [0.5, 0.6) is 0 Å². The van der Waals surface area contributed by atoms with Crippen molar-refractivity contribution in [2.75, 3.05) is 6.26 Å². The van der Waals surface area contributed by atoms with Crippen molar-refractivity contribution < 1.29 is 23.1 Å². The molecule has 1 aromatic rings. The number of hydrogen-bond donors (Lipinski definition) is 2. The molecule has 0 aliphatic rings. The van der Waals surface area contributed by atoms with Crippen LogP contribution in [0, 0.1) is 5.92 Å². The molecule has 1 aromatic heterocycles. The second kappa shape index (κ2) is 5.70. The average Bonchev–Trinajstić information content (AvgIpc) is 2.73. The summed E-state index contributed by atoms with van der Waals surface area (Å²) in [4.78, 5) is 22.8. The van der Waals surface area contributed by atoms with Crippen molar-refractivity contribution in [3.63, 3.8) is 0 Å². The Kier molecular flexibility index (Phi) is 4.70. The molecule has 0 aliphatic carbocycles. The normalized spacial score (nSPS) is 13.3. The number of sulfone groups is 1.